The molecule has 3 aliphatic rings. The Bertz CT molecular complexity index is 1550. The summed E-state index contributed by atoms with van der Waals surface area (Å²) < 4.78 is 87.2. The predicted octanol–water partition coefficient (Wildman–Crippen LogP) is 6.19. The predicted molar refractivity (Wildman–Crippen MR) is 132 cm³/mol. The molecule has 3 aromatic carbocycles. The Morgan fingerprint density at radius 1 is 0.878 bits per heavy atom. The first-order chi connectivity index (χ1) is 19.1. The maximum atomic E-state index is 13.7. The van der Waals surface area contributed by atoms with Crippen molar-refractivity contribution < 1.29 is 50.9 Å². The van der Waals surface area contributed by atoms with Crippen LogP contribution in [0, 0.1) is 23.7 Å². The maximum Gasteiger partial charge on any atom is 0.416 e. The van der Waals surface area contributed by atoms with Crippen LogP contribution in [0.15, 0.2) is 54.6 Å². The van der Waals surface area contributed by atoms with Crippen molar-refractivity contribution in [2.75, 3.05) is 4.90 Å². The van der Waals surface area contributed by atoms with Gasteiger partial charge in [0.1, 0.15) is 5.75 Å². The van der Waals surface area contributed by atoms with Gasteiger partial charge in [0, 0.05) is 17.2 Å². The molecule has 6 atom stereocenters. The number of hydrogen-bond acceptors (Lipinski definition) is 5. The highest BCUT2D eigenvalue weighted by atomic mass is 19.4. The van der Waals surface area contributed by atoms with Gasteiger partial charge < -0.3 is 14.9 Å². The number of imide groups is 1. The number of anilines is 1. The normalized spacial score (nSPS) is 30.1. The van der Waals surface area contributed by atoms with E-state index in [1.54, 1.807) is 37.3 Å². The summed E-state index contributed by atoms with van der Waals surface area (Å²) in [4.78, 5) is 27.6. The third kappa shape index (κ3) is 4.18. The Kier molecular flexibility index (Phi) is 5.99. The molecule has 2 N–H and O–H groups in total. The average Bonchev–Trinajstić information content (AvgIpc) is 3.37. The van der Waals surface area contributed by atoms with E-state index in [9.17, 15) is 46.1 Å². The second kappa shape index (κ2) is 8.93. The fourth-order valence-corrected chi connectivity index (χ4v) is 6.75. The third-order valence-electron chi connectivity index (χ3n) is 8.67. The monoisotopic (exact) mass is 579 g/mol. The summed E-state index contributed by atoms with van der Waals surface area (Å²) in [6, 6.07) is 10.7. The SMILES string of the molecule is C[C@H]1C[C@@H]2C(=O)N(c3cc(C(F)(F)F)cc(C(F)(F)F)c3)C(=O)[C@@H]2[C@@H]2C[C@@H](c3ccc(O)c4ccccc34)O[C@]12O. The zero-order chi connectivity index (χ0) is 29.6. The van der Waals surface area contributed by atoms with Crippen LogP contribution in [0.4, 0.5) is 32.0 Å². The van der Waals surface area contributed by atoms with E-state index >= 15 is 0 Å². The van der Waals surface area contributed by atoms with Gasteiger partial charge >= 0.3 is 12.4 Å². The molecular formula is C29H23F6NO5. The van der Waals surface area contributed by atoms with Crippen molar-refractivity contribution in [3.8, 4) is 5.75 Å². The first-order valence-corrected chi connectivity index (χ1v) is 12.9. The molecule has 1 saturated carbocycles. The third-order valence-corrected chi connectivity index (χ3v) is 8.67. The molecule has 216 valence electrons. The Labute approximate surface area is 229 Å². The summed E-state index contributed by atoms with van der Waals surface area (Å²) in [5, 5.41) is 23.2. The second-order valence-electron chi connectivity index (χ2n) is 11.0. The summed E-state index contributed by atoms with van der Waals surface area (Å²) in [6.45, 7) is 1.62. The minimum absolute atomic E-state index is 0.0263. The van der Waals surface area contributed by atoms with Gasteiger partial charge in [-0.15, -0.1) is 0 Å². The van der Waals surface area contributed by atoms with Gasteiger partial charge in [-0.1, -0.05) is 37.3 Å². The molecule has 0 spiro atoms. The number of alkyl halides is 6. The molecule has 0 unspecified atom stereocenters. The molecule has 12 heteroatoms. The van der Waals surface area contributed by atoms with Gasteiger partial charge in [-0.3, -0.25) is 14.5 Å². The number of hydrogen-bond donors (Lipinski definition) is 2. The van der Waals surface area contributed by atoms with Crippen LogP contribution in [-0.2, 0) is 26.7 Å². The number of ether oxygens (including phenoxy) is 1. The van der Waals surface area contributed by atoms with Gasteiger partial charge in [-0.25, -0.2) is 0 Å². The number of carbonyl (C=O) groups is 2. The highest BCUT2D eigenvalue weighted by molar-refractivity contribution is 6.22. The van der Waals surface area contributed by atoms with Crippen LogP contribution in [0.2, 0.25) is 0 Å². The maximum absolute atomic E-state index is 13.7. The molecule has 3 aromatic rings. The number of fused-ring (bicyclic) bond motifs is 4. The smallest absolute Gasteiger partial charge is 0.416 e. The van der Waals surface area contributed by atoms with Crippen LogP contribution in [0.1, 0.15) is 42.6 Å². The fourth-order valence-electron chi connectivity index (χ4n) is 6.75. The minimum atomic E-state index is -5.16. The van der Waals surface area contributed by atoms with E-state index in [-0.39, 0.29) is 24.7 Å². The number of rotatable bonds is 2. The lowest BCUT2D eigenvalue weighted by molar-refractivity contribution is -0.265. The molecule has 0 bridgehead atoms. The van der Waals surface area contributed by atoms with Crippen LogP contribution in [0.5, 0.6) is 5.75 Å². The molecule has 6 rings (SSSR count). The Morgan fingerprint density at radius 3 is 2.10 bits per heavy atom. The van der Waals surface area contributed by atoms with Gasteiger partial charge in [0.15, 0.2) is 5.79 Å². The second-order valence-corrected chi connectivity index (χ2v) is 11.0. The fraction of sp³-hybridized carbons (Fsp3) is 0.379. The highest BCUT2D eigenvalue weighted by Gasteiger charge is 2.66. The summed E-state index contributed by atoms with van der Waals surface area (Å²) in [6.07, 6.45) is -11.1. The average molecular weight is 579 g/mol. The lowest BCUT2D eigenvalue weighted by Gasteiger charge is -2.43. The molecule has 2 heterocycles. The van der Waals surface area contributed by atoms with Crippen molar-refractivity contribution in [2.24, 2.45) is 23.7 Å². The number of phenolic OH excluding ortho intramolecular Hbond substituents is 1. The number of nitrogens with zero attached hydrogens (tertiary/aromatic N) is 1. The van der Waals surface area contributed by atoms with Crippen molar-refractivity contribution in [2.45, 2.75) is 44.0 Å². The van der Waals surface area contributed by atoms with E-state index < -0.39 is 76.5 Å². The number of carbonyl (C=O) groups excluding carboxylic acids is 2. The van der Waals surface area contributed by atoms with Crippen molar-refractivity contribution in [3.05, 3.63) is 71.3 Å². The van der Waals surface area contributed by atoms with E-state index in [1.807, 2.05) is 0 Å². The number of phenols is 1. The summed E-state index contributed by atoms with van der Waals surface area (Å²) in [5.41, 5.74) is -3.50. The molecule has 6 nitrogen and oxygen atoms in total. The number of aromatic hydroxyl groups is 1. The van der Waals surface area contributed by atoms with E-state index in [2.05, 4.69) is 0 Å². The van der Waals surface area contributed by atoms with E-state index in [1.165, 1.54) is 6.07 Å². The zero-order valence-electron chi connectivity index (χ0n) is 21.3. The van der Waals surface area contributed by atoms with Crippen molar-refractivity contribution in [1.82, 2.24) is 0 Å². The molecule has 2 amide bonds. The molecule has 3 fully saturated rings. The standard InChI is InChI=1S/C29H23F6NO5/c1-13-8-20-24(21-12-23(41-27(13,21)40)19-6-7-22(37)18-5-3-2-4-17(18)19)26(39)36(25(20)38)16-10-14(28(30,31)32)9-15(11-16)29(33,34)35/h2-7,9-11,13,20-21,23-24,37,40H,8,12H2,1H3/t13-,20-,21-,23-,24-,27+/m0/s1. The number of halogens is 6. The van der Waals surface area contributed by atoms with Gasteiger partial charge in [0.05, 0.1) is 34.8 Å². The molecule has 0 radical (unpaired) electrons. The number of amides is 2. The molecule has 1 aliphatic carbocycles. The first kappa shape index (κ1) is 27.5. The van der Waals surface area contributed by atoms with Crippen LogP contribution in [0.25, 0.3) is 10.8 Å². The van der Waals surface area contributed by atoms with Crippen molar-refractivity contribution >= 4 is 28.3 Å². The summed E-state index contributed by atoms with van der Waals surface area (Å²) in [5.74, 6) is -7.71. The van der Waals surface area contributed by atoms with Gasteiger partial charge in [0.2, 0.25) is 11.8 Å². The van der Waals surface area contributed by atoms with Crippen molar-refractivity contribution in [3.63, 3.8) is 0 Å². The zero-order valence-corrected chi connectivity index (χ0v) is 21.3. The topological polar surface area (TPSA) is 87.1 Å². The molecule has 41 heavy (non-hydrogen) atoms. The lowest BCUT2D eigenvalue weighted by atomic mass is 9.65. The quantitative estimate of drug-likeness (QED) is 0.279. The molecule has 2 saturated heterocycles. The van der Waals surface area contributed by atoms with E-state index in [0.29, 0.717) is 33.4 Å². The largest absolute Gasteiger partial charge is 0.507 e. The van der Waals surface area contributed by atoms with E-state index in [4.69, 9.17) is 4.74 Å². The Hall–Kier alpha value is -3.64. The number of benzene rings is 3. The van der Waals surface area contributed by atoms with Crippen LogP contribution in [-0.4, -0.2) is 27.8 Å². The minimum Gasteiger partial charge on any atom is -0.507 e. The number of aliphatic hydroxyl groups is 1. The van der Waals surface area contributed by atoms with Crippen LogP contribution >= 0.6 is 0 Å². The Balaban J connectivity index is 1.40. The van der Waals surface area contributed by atoms with Gasteiger partial charge in [0.25, 0.3) is 0 Å². The van der Waals surface area contributed by atoms with Crippen molar-refractivity contribution in [1.29, 1.82) is 0 Å². The molecule has 0 aromatic heterocycles. The first-order valence-electron chi connectivity index (χ1n) is 12.9. The Morgan fingerprint density at radius 2 is 1.49 bits per heavy atom. The van der Waals surface area contributed by atoms with E-state index in [0.717, 1.165) is 0 Å². The lowest BCUT2D eigenvalue weighted by Crippen LogP contribution is -2.52. The highest BCUT2D eigenvalue weighted by Crippen LogP contribution is 2.59. The van der Waals surface area contributed by atoms with Gasteiger partial charge in [-0.05, 0) is 48.1 Å². The van der Waals surface area contributed by atoms with Gasteiger partial charge in [-0.2, -0.15) is 26.3 Å². The van der Waals surface area contributed by atoms with Crippen LogP contribution in [0.3, 0.4) is 0 Å². The summed E-state index contributed by atoms with van der Waals surface area (Å²) >= 11 is 0. The summed E-state index contributed by atoms with van der Waals surface area (Å²) in [7, 11) is 0. The molecular weight excluding hydrogens is 556 g/mol. The van der Waals surface area contributed by atoms with Crippen LogP contribution < -0.4 is 4.90 Å². The molecule has 2 aliphatic heterocycles.